The molecule has 0 aromatic rings. The second-order valence-corrected chi connectivity index (χ2v) is 0.632. The first kappa shape index (κ1) is 31.4. The summed E-state index contributed by atoms with van der Waals surface area (Å²) in [6.07, 6.45) is 0. The summed E-state index contributed by atoms with van der Waals surface area (Å²) in [4.78, 5) is 0. The van der Waals surface area contributed by atoms with Gasteiger partial charge in [-0.15, -0.1) is 34.0 Å². The van der Waals surface area contributed by atoms with Crippen LogP contribution in [-0.2, 0) is 18.6 Å². The Morgan fingerprint density at radius 3 is 0.889 bits per heavy atom. The van der Waals surface area contributed by atoms with Gasteiger partial charge < -0.3 is 10.2 Å². The molecule has 0 saturated heterocycles. The Balaban J connectivity index is -0.00000000889. The molecule has 0 aromatic carbocycles. The summed E-state index contributed by atoms with van der Waals surface area (Å²) >= 11 is 0. The van der Waals surface area contributed by atoms with Crippen molar-refractivity contribution in [1.29, 1.82) is 0 Å². The molecule has 0 fully saturated rings. The van der Waals surface area contributed by atoms with E-state index in [0.717, 1.165) is 0 Å². The van der Waals surface area contributed by atoms with E-state index in [-0.39, 0.29) is 65.7 Å². The predicted octanol–water partition coefficient (Wildman–Crippen LogP) is 1.15. The van der Waals surface area contributed by atoms with E-state index >= 15 is 0 Å². The summed E-state index contributed by atoms with van der Waals surface area (Å²) in [5.74, 6) is 0. The average Bonchev–Trinajstić information content (AvgIpc) is 1.39. The van der Waals surface area contributed by atoms with Gasteiger partial charge in [0.15, 0.2) is 0 Å². The van der Waals surface area contributed by atoms with Gasteiger partial charge in [-0.05, 0) is 13.8 Å². The van der Waals surface area contributed by atoms with Crippen LogP contribution in [0.2, 0.25) is 0 Å². The van der Waals surface area contributed by atoms with Crippen LogP contribution in [0.1, 0.15) is 13.8 Å². The topological polar surface area (TPSA) is 40.5 Å². The number of rotatable bonds is 0. The van der Waals surface area contributed by atoms with Crippen LogP contribution in [-0.4, -0.2) is 23.4 Å². The maximum Gasteiger partial charge on any atom is 0.0402 e. The minimum atomic E-state index is 0. The summed E-state index contributed by atoms with van der Waals surface area (Å²) in [6, 6.07) is 0. The number of aliphatic hydroxyl groups excluding tert-OH is 2. The summed E-state index contributed by atoms with van der Waals surface area (Å²) < 4.78 is 0. The van der Waals surface area contributed by atoms with E-state index in [9.17, 15) is 0 Å². The molecular formula is C4H14Br2O2V. The van der Waals surface area contributed by atoms with Gasteiger partial charge in [-0.2, -0.15) is 0 Å². The Hall–Kier alpha value is 1.46. The minimum absolute atomic E-state index is 0. The summed E-state index contributed by atoms with van der Waals surface area (Å²) in [6.45, 7) is 3.86. The van der Waals surface area contributed by atoms with Crippen molar-refractivity contribution < 1.29 is 28.8 Å². The van der Waals surface area contributed by atoms with Gasteiger partial charge in [-0.25, -0.2) is 0 Å². The Labute approximate surface area is 89.5 Å². The minimum Gasteiger partial charge on any atom is -0.397 e. The third-order valence-corrected chi connectivity index (χ3v) is 0. The molecule has 0 saturated carbocycles. The smallest absolute Gasteiger partial charge is 0.0402 e. The van der Waals surface area contributed by atoms with Crippen molar-refractivity contribution in [3.05, 3.63) is 0 Å². The van der Waals surface area contributed by atoms with Gasteiger partial charge in [-0.3, -0.25) is 0 Å². The number of hydrogen-bond donors (Lipinski definition) is 2. The van der Waals surface area contributed by atoms with E-state index in [1.807, 2.05) is 0 Å². The third-order valence-electron chi connectivity index (χ3n) is 0. The molecule has 0 unspecified atom stereocenters. The van der Waals surface area contributed by atoms with Crippen LogP contribution in [0, 0.1) is 0 Å². The molecule has 5 heteroatoms. The Morgan fingerprint density at radius 2 is 0.889 bits per heavy atom. The van der Waals surface area contributed by atoms with Gasteiger partial charge in [0.2, 0.25) is 0 Å². The van der Waals surface area contributed by atoms with Crippen LogP contribution in [0.4, 0.5) is 0 Å². The molecule has 1 radical (unpaired) electrons. The monoisotopic (exact) mass is 303 g/mol. The van der Waals surface area contributed by atoms with Crippen LogP contribution in [0.3, 0.4) is 0 Å². The Bertz CT molecular complexity index is 18.5. The van der Waals surface area contributed by atoms with E-state index in [1.54, 1.807) is 13.8 Å². The van der Waals surface area contributed by atoms with Gasteiger partial charge in [0.1, 0.15) is 0 Å². The number of aliphatic hydroxyl groups is 2. The fraction of sp³-hybridized carbons (Fsp3) is 1.00. The largest absolute Gasteiger partial charge is 0.397 e. The van der Waals surface area contributed by atoms with Crippen LogP contribution < -0.4 is 0 Å². The maximum atomic E-state index is 7.57. The predicted molar refractivity (Wildman–Crippen MR) is 46.2 cm³/mol. The van der Waals surface area contributed by atoms with Crippen molar-refractivity contribution in [2.24, 2.45) is 0 Å². The molecule has 0 bridgehead atoms. The fourth-order valence-electron chi connectivity index (χ4n) is 0. The standard InChI is InChI=1S/2C2H6O.2BrH.V/c2*1-2-3;;;/h2*3H,2H2,1H3;2*1H;. The first-order valence-corrected chi connectivity index (χ1v) is 2.05. The average molecular weight is 305 g/mol. The van der Waals surface area contributed by atoms with Gasteiger partial charge in [0.25, 0.3) is 0 Å². The van der Waals surface area contributed by atoms with Crippen molar-refractivity contribution in [2.45, 2.75) is 13.8 Å². The van der Waals surface area contributed by atoms with Crippen molar-refractivity contribution in [3.63, 3.8) is 0 Å². The van der Waals surface area contributed by atoms with Gasteiger partial charge in [-0.1, -0.05) is 0 Å². The maximum absolute atomic E-state index is 7.57. The number of hydrogen-bond acceptors (Lipinski definition) is 2. The molecule has 0 spiro atoms. The van der Waals surface area contributed by atoms with E-state index < -0.39 is 0 Å². The summed E-state index contributed by atoms with van der Waals surface area (Å²) in [5, 5.41) is 15.1. The van der Waals surface area contributed by atoms with Crippen molar-refractivity contribution in [2.75, 3.05) is 13.2 Å². The molecule has 0 rings (SSSR count). The summed E-state index contributed by atoms with van der Waals surface area (Å²) in [5.41, 5.74) is 0. The molecule has 0 aliphatic carbocycles. The Kier molecular flexibility index (Phi) is 197. The van der Waals surface area contributed by atoms with Crippen molar-refractivity contribution in [3.8, 4) is 0 Å². The molecule has 61 valence electrons. The second kappa shape index (κ2) is 56.5. The zero-order valence-electron chi connectivity index (χ0n) is 5.57. The first-order chi connectivity index (χ1) is 2.83. The number of halogens is 2. The van der Waals surface area contributed by atoms with E-state index in [4.69, 9.17) is 10.2 Å². The van der Waals surface area contributed by atoms with Gasteiger partial charge >= 0.3 is 0 Å². The van der Waals surface area contributed by atoms with Crippen LogP contribution in [0.5, 0.6) is 0 Å². The molecule has 0 aliphatic heterocycles. The molecular weight excluding hydrogens is 291 g/mol. The third kappa shape index (κ3) is 246. The van der Waals surface area contributed by atoms with E-state index in [2.05, 4.69) is 0 Å². The van der Waals surface area contributed by atoms with Crippen LogP contribution in [0.25, 0.3) is 0 Å². The van der Waals surface area contributed by atoms with Crippen molar-refractivity contribution in [1.82, 2.24) is 0 Å². The molecule has 0 aliphatic rings. The van der Waals surface area contributed by atoms with Crippen LogP contribution >= 0.6 is 34.0 Å². The van der Waals surface area contributed by atoms with Crippen LogP contribution in [0.15, 0.2) is 0 Å². The Morgan fingerprint density at radius 1 is 0.889 bits per heavy atom. The molecule has 0 atom stereocenters. The molecule has 2 nitrogen and oxygen atoms in total. The molecule has 0 amide bonds. The quantitative estimate of drug-likeness (QED) is 0.705. The zero-order chi connectivity index (χ0) is 5.41. The molecule has 0 aromatic heterocycles. The van der Waals surface area contributed by atoms with Gasteiger partial charge in [0, 0.05) is 31.8 Å². The molecule has 0 heterocycles. The van der Waals surface area contributed by atoms with Gasteiger partial charge in [0.05, 0.1) is 0 Å². The normalized spacial score (nSPS) is 4.00. The molecule has 9 heavy (non-hydrogen) atoms. The van der Waals surface area contributed by atoms with E-state index in [0.29, 0.717) is 0 Å². The molecule has 2 N–H and O–H groups in total. The SMILES string of the molecule is Br.Br.CCO.CCO.[V]. The fourth-order valence-corrected chi connectivity index (χ4v) is 0. The second-order valence-electron chi connectivity index (χ2n) is 0.632. The summed E-state index contributed by atoms with van der Waals surface area (Å²) in [7, 11) is 0. The first-order valence-electron chi connectivity index (χ1n) is 2.05. The zero-order valence-corrected chi connectivity index (χ0v) is 10.4. The van der Waals surface area contributed by atoms with E-state index in [1.165, 1.54) is 0 Å². The van der Waals surface area contributed by atoms with Crippen molar-refractivity contribution >= 4 is 34.0 Å².